The van der Waals surface area contributed by atoms with Gasteiger partial charge in [-0.2, -0.15) is 15.8 Å². The van der Waals surface area contributed by atoms with E-state index in [9.17, 15) is 15.8 Å². The summed E-state index contributed by atoms with van der Waals surface area (Å²) in [6.45, 7) is 4.69. The lowest BCUT2D eigenvalue weighted by atomic mass is 9.54. The second-order valence-electron chi connectivity index (χ2n) is 7.26. The molecule has 0 radical (unpaired) electrons. The summed E-state index contributed by atoms with van der Waals surface area (Å²) in [5, 5.41) is 38.9. The molecule has 6 heteroatoms. The van der Waals surface area contributed by atoms with E-state index in [0.717, 1.165) is 37.2 Å². The smallest absolute Gasteiger partial charge is 0.189 e. The van der Waals surface area contributed by atoms with Gasteiger partial charge < -0.3 is 10.3 Å². The van der Waals surface area contributed by atoms with Gasteiger partial charge in [0.1, 0.15) is 5.92 Å². The number of hydrogen-bond donors (Lipinski definition) is 2. The molecule has 1 fully saturated rings. The summed E-state index contributed by atoms with van der Waals surface area (Å²) in [6, 6.07) is 13.6. The fourth-order valence-electron chi connectivity index (χ4n) is 4.57. The van der Waals surface area contributed by atoms with E-state index in [2.05, 4.69) is 31.2 Å². The zero-order chi connectivity index (χ0) is 19.6. The van der Waals surface area contributed by atoms with E-state index in [-0.39, 0.29) is 11.6 Å². The van der Waals surface area contributed by atoms with Crippen LogP contribution in [0.3, 0.4) is 0 Å². The Balaban J connectivity index is 2.20. The number of nitrogens with zero attached hydrogens (tertiary/aromatic N) is 3. The molecule has 2 N–H and O–H groups in total. The van der Waals surface area contributed by atoms with Crippen LogP contribution in [0, 0.1) is 56.7 Å². The summed E-state index contributed by atoms with van der Waals surface area (Å²) >= 11 is 6.03. The average Bonchev–Trinajstić information content (AvgIpc) is 2.68. The molecular formula is C21H21ClN5+. The van der Waals surface area contributed by atoms with E-state index in [0.29, 0.717) is 5.02 Å². The zero-order valence-electron chi connectivity index (χ0n) is 15.2. The summed E-state index contributed by atoms with van der Waals surface area (Å²) in [4.78, 5) is 1.38. The van der Waals surface area contributed by atoms with Crippen molar-refractivity contribution < 1.29 is 4.90 Å². The Kier molecular flexibility index (Phi) is 5.33. The lowest BCUT2D eigenvalue weighted by Gasteiger charge is -2.46. The standard InChI is InChI=1S/C21H20ClN5/c1-2-8-27-9-7-16-17(10-23)20(26)21(12-24,13-25)19(18(16)11-27)14-3-5-15(22)6-4-14/h3-7,17-19,26H,2,8-9,11H2,1H3/p+1/t17?,18-,19-/m0/s1. The largest absolute Gasteiger partial charge is 0.331 e. The summed E-state index contributed by atoms with van der Waals surface area (Å²) in [7, 11) is 0. The number of benzene rings is 1. The van der Waals surface area contributed by atoms with E-state index in [1.165, 1.54) is 4.90 Å². The van der Waals surface area contributed by atoms with Crippen LogP contribution in [0.2, 0.25) is 5.02 Å². The first-order valence-electron chi connectivity index (χ1n) is 9.12. The SMILES string of the molecule is CCC[NH+]1CC=C2C(C#N)C(=N)C(C#N)(C#N)[C@@H](c3ccc(Cl)cc3)[C@H]2C1. The maximum Gasteiger partial charge on any atom is 0.189 e. The minimum Gasteiger partial charge on any atom is -0.331 e. The van der Waals surface area contributed by atoms with Gasteiger partial charge in [-0.1, -0.05) is 30.7 Å². The lowest BCUT2D eigenvalue weighted by Crippen LogP contribution is -3.13. The van der Waals surface area contributed by atoms with Crippen LogP contribution < -0.4 is 4.90 Å². The molecule has 3 rings (SSSR count). The van der Waals surface area contributed by atoms with Crippen molar-refractivity contribution in [2.75, 3.05) is 19.6 Å². The minimum absolute atomic E-state index is 0.101. The molecule has 4 atom stereocenters. The van der Waals surface area contributed by atoms with Gasteiger partial charge in [-0.05, 0) is 35.8 Å². The fourth-order valence-corrected chi connectivity index (χ4v) is 4.69. The van der Waals surface area contributed by atoms with Crippen molar-refractivity contribution in [3.05, 3.63) is 46.5 Å². The highest BCUT2D eigenvalue weighted by Crippen LogP contribution is 2.52. The third-order valence-electron chi connectivity index (χ3n) is 5.79. The number of halogens is 1. The monoisotopic (exact) mass is 378 g/mol. The Labute approximate surface area is 164 Å². The number of quaternary nitrogens is 1. The summed E-state index contributed by atoms with van der Waals surface area (Å²) < 4.78 is 0. The molecule has 1 aliphatic carbocycles. The van der Waals surface area contributed by atoms with Crippen molar-refractivity contribution in [3.63, 3.8) is 0 Å². The van der Waals surface area contributed by atoms with Crippen LogP contribution in [-0.4, -0.2) is 25.3 Å². The first-order valence-corrected chi connectivity index (χ1v) is 9.50. The molecule has 0 saturated heterocycles. The molecule has 1 saturated carbocycles. The van der Waals surface area contributed by atoms with Gasteiger partial charge >= 0.3 is 0 Å². The molecule has 0 aromatic heterocycles. The highest BCUT2D eigenvalue weighted by atomic mass is 35.5. The first kappa shape index (κ1) is 19.1. The molecule has 0 spiro atoms. The van der Waals surface area contributed by atoms with E-state index in [1.54, 1.807) is 12.1 Å². The van der Waals surface area contributed by atoms with E-state index >= 15 is 0 Å². The number of fused-ring (bicyclic) bond motifs is 1. The van der Waals surface area contributed by atoms with Gasteiger partial charge in [-0.25, -0.2) is 0 Å². The maximum atomic E-state index is 10.00. The number of nitrogens with one attached hydrogen (secondary N) is 2. The molecule has 1 aromatic carbocycles. The predicted molar refractivity (Wildman–Crippen MR) is 102 cm³/mol. The van der Waals surface area contributed by atoms with Crippen molar-refractivity contribution >= 4 is 17.3 Å². The third kappa shape index (κ3) is 3.02. The Morgan fingerprint density at radius 2 is 1.89 bits per heavy atom. The van der Waals surface area contributed by atoms with Crippen molar-refractivity contribution in [2.45, 2.75) is 19.3 Å². The minimum atomic E-state index is -1.65. The van der Waals surface area contributed by atoms with Gasteiger partial charge in [0.2, 0.25) is 0 Å². The van der Waals surface area contributed by atoms with Gasteiger partial charge in [-0.3, -0.25) is 0 Å². The highest BCUT2D eigenvalue weighted by molar-refractivity contribution is 6.30. The summed E-state index contributed by atoms with van der Waals surface area (Å²) in [5.41, 5.74) is -0.0395. The van der Waals surface area contributed by atoms with Gasteiger partial charge in [0, 0.05) is 16.9 Å². The van der Waals surface area contributed by atoms with Crippen LogP contribution in [0.25, 0.3) is 0 Å². The predicted octanol–water partition coefficient (Wildman–Crippen LogP) is 2.48. The van der Waals surface area contributed by atoms with Crippen LogP contribution in [0.15, 0.2) is 35.9 Å². The lowest BCUT2D eigenvalue weighted by molar-refractivity contribution is -0.899. The second-order valence-corrected chi connectivity index (χ2v) is 7.69. The molecule has 2 unspecified atom stereocenters. The van der Waals surface area contributed by atoms with Gasteiger partial charge in [-0.15, -0.1) is 0 Å². The molecule has 5 nitrogen and oxygen atoms in total. The van der Waals surface area contributed by atoms with Crippen molar-refractivity contribution in [3.8, 4) is 18.2 Å². The van der Waals surface area contributed by atoms with Gasteiger partial charge in [0.15, 0.2) is 5.41 Å². The third-order valence-corrected chi connectivity index (χ3v) is 6.05. The van der Waals surface area contributed by atoms with Crippen LogP contribution in [-0.2, 0) is 0 Å². The molecule has 2 aliphatic rings. The molecule has 0 bridgehead atoms. The number of hydrogen-bond acceptors (Lipinski definition) is 4. The number of rotatable bonds is 3. The summed E-state index contributed by atoms with van der Waals surface area (Å²) in [5.74, 6) is -1.42. The zero-order valence-corrected chi connectivity index (χ0v) is 15.9. The van der Waals surface area contributed by atoms with E-state index in [1.807, 2.05) is 12.1 Å². The average molecular weight is 379 g/mol. The molecular weight excluding hydrogens is 358 g/mol. The number of nitriles is 3. The second kappa shape index (κ2) is 7.53. The van der Waals surface area contributed by atoms with Crippen molar-refractivity contribution in [1.29, 1.82) is 21.2 Å². The quantitative estimate of drug-likeness (QED) is 0.790. The highest BCUT2D eigenvalue weighted by Gasteiger charge is 2.58. The normalized spacial score (nSPS) is 28.9. The first-order chi connectivity index (χ1) is 13.0. The Morgan fingerprint density at radius 3 is 2.44 bits per heavy atom. The van der Waals surface area contributed by atoms with Crippen molar-refractivity contribution in [2.24, 2.45) is 17.3 Å². The molecule has 136 valence electrons. The molecule has 1 aliphatic heterocycles. The molecule has 27 heavy (non-hydrogen) atoms. The molecule has 1 heterocycles. The van der Waals surface area contributed by atoms with E-state index in [4.69, 9.17) is 17.0 Å². The molecule has 0 amide bonds. The van der Waals surface area contributed by atoms with Crippen LogP contribution in [0.4, 0.5) is 0 Å². The van der Waals surface area contributed by atoms with Crippen LogP contribution in [0.1, 0.15) is 24.8 Å². The topological polar surface area (TPSA) is 99.7 Å². The molecule has 1 aromatic rings. The van der Waals surface area contributed by atoms with Crippen LogP contribution >= 0.6 is 11.6 Å². The van der Waals surface area contributed by atoms with Crippen molar-refractivity contribution in [1.82, 2.24) is 0 Å². The van der Waals surface area contributed by atoms with Gasteiger partial charge in [0.25, 0.3) is 0 Å². The maximum absolute atomic E-state index is 10.00. The van der Waals surface area contributed by atoms with E-state index < -0.39 is 17.3 Å². The Morgan fingerprint density at radius 1 is 1.22 bits per heavy atom. The Hall–Kier alpha value is -2.65. The van der Waals surface area contributed by atoms with Gasteiger partial charge in [0.05, 0.1) is 43.6 Å². The summed E-state index contributed by atoms with van der Waals surface area (Å²) in [6.07, 6.45) is 3.10. The fraction of sp³-hybridized carbons (Fsp3) is 0.429. The van der Waals surface area contributed by atoms with Crippen LogP contribution in [0.5, 0.6) is 0 Å². The Bertz CT molecular complexity index is 882.